The highest BCUT2D eigenvalue weighted by Crippen LogP contribution is 2.26. The van der Waals surface area contributed by atoms with E-state index in [0.29, 0.717) is 66.1 Å². The number of ether oxygens (including phenoxy) is 6. The lowest BCUT2D eigenvalue weighted by Gasteiger charge is -2.12. The summed E-state index contributed by atoms with van der Waals surface area (Å²) in [6.07, 6.45) is 0.820. The fourth-order valence-electron chi connectivity index (χ4n) is 2.00. The predicted molar refractivity (Wildman–Crippen MR) is 85.3 cm³/mol. The summed E-state index contributed by atoms with van der Waals surface area (Å²) in [6.45, 7) is 5.65. The molecule has 130 valence electrons. The van der Waals surface area contributed by atoms with E-state index in [1.165, 1.54) is 0 Å². The van der Waals surface area contributed by atoms with Crippen LogP contribution in [0.2, 0.25) is 0 Å². The highest BCUT2D eigenvalue weighted by atomic mass is 16.6. The Morgan fingerprint density at radius 2 is 0.913 bits per heavy atom. The van der Waals surface area contributed by atoms with Gasteiger partial charge in [0.1, 0.15) is 6.61 Å². The Bertz CT molecular complexity index is 375. The number of para-hydroxylation sites is 2. The lowest BCUT2D eigenvalue weighted by Crippen LogP contribution is -2.13. The molecule has 0 unspecified atom stereocenters. The van der Waals surface area contributed by atoms with Gasteiger partial charge in [-0.1, -0.05) is 12.1 Å². The quantitative estimate of drug-likeness (QED) is 0.726. The van der Waals surface area contributed by atoms with Gasteiger partial charge in [-0.2, -0.15) is 0 Å². The van der Waals surface area contributed by atoms with Gasteiger partial charge in [0, 0.05) is 13.0 Å². The molecule has 0 aliphatic carbocycles. The van der Waals surface area contributed by atoms with Crippen molar-refractivity contribution in [2.45, 2.75) is 6.42 Å². The van der Waals surface area contributed by atoms with Gasteiger partial charge >= 0.3 is 0 Å². The van der Waals surface area contributed by atoms with Crippen LogP contribution in [0.25, 0.3) is 0 Å². The Morgan fingerprint density at radius 3 is 1.48 bits per heavy atom. The molecule has 1 aromatic carbocycles. The van der Waals surface area contributed by atoms with Gasteiger partial charge in [-0.25, -0.2) is 0 Å². The SMILES string of the molecule is c1ccc2c(c1)OCCCOCCOCCOCCOCCO2. The van der Waals surface area contributed by atoms with E-state index in [0.717, 1.165) is 17.9 Å². The molecule has 1 heterocycles. The summed E-state index contributed by atoms with van der Waals surface area (Å²) >= 11 is 0. The second-order valence-corrected chi connectivity index (χ2v) is 4.95. The first kappa shape index (κ1) is 18.0. The highest BCUT2D eigenvalue weighted by Gasteiger charge is 2.04. The minimum Gasteiger partial charge on any atom is -0.490 e. The minimum atomic E-state index is 0.479. The molecule has 1 aliphatic heterocycles. The maximum atomic E-state index is 5.76. The fraction of sp³-hybridized carbons (Fsp3) is 0.647. The minimum absolute atomic E-state index is 0.479. The van der Waals surface area contributed by atoms with Crippen LogP contribution in [0.4, 0.5) is 0 Å². The molecule has 2 rings (SSSR count). The van der Waals surface area contributed by atoms with E-state index in [4.69, 9.17) is 28.4 Å². The Hall–Kier alpha value is -1.34. The van der Waals surface area contributed by atoms with Crippen molar-refractivity contribution in [1.82, 2.24) is 0 Å². The summed E-state index contributed by atoms with van der Waals surface area (Å²) in [4.78, 5) is 0. The average Bonchev–Trinajstić information content (AvgIpc) is 2.58. The monoisotopic (exact) mass is 326 g/mol. The zero-order valence-electron chi connectivity index (χ0n) is 13.5. The lowest BCUT2D eigenvalue weighted by molar-refractivity contribution is -0.00481. The second kappa shape index (κ2) is 12.1. The van der Waals surface area contributed by atoms with Crippen LogP contribution in [0, 0.1) is 0 Å². The molecule has 0 N–H and O–H groups in total. The molecule has 0 aromatic heterocycles. The second-order valence-electron chi connectivity index (χ2n) is 4.95. The first-order valence-electron chi connectivity index (χ1n) is 8.12. The van der Waals surface area contributed by atoms with Crippen LogP contribution in [0.15, 0.2) is 24.3 Å². The molecule has 0 atom stereocenters. The molecule has 0 fully saturated rings. The maximum Gasteiger partial charge on any atom is 0.161 e. The molecule has 0 saturated heterocycles. The number of hydrogen-bond donors (Lipinski definition) is 0. The summed E-state index contributed by atoms with van der Waals surface area (Å²) in [5.41, 5.74) is 0. The summed E-state index contributed by atoms with van der Waals surface area (Å²) in [6, 6.07) is 7.66. The van der Waals surface area contributed by atoms with Crippen molar-refractivity contribution < 1.29 is 28.4 Å². The van der Waals surface area contributed by atoms with Crippen LogP contribution in [0.3, 0.4) is 0 Å². The van der Waals surface area contributed by atoms with Crippen LogP contribution < -0.4 is 9.47 Å². The first-order valence-corrected chi connectivity index (χ1v) is 8.12. The molecule has 6 heteroatoms. The molecule has 1 aromatic rings. The van der Waals surface area contributed by atoms with E-state index in [1.807, 2.05) is 24.3 Å². The van der Waals surface area contributed by atoms with Gasteiger partial charge in [0.05, 0.1) is 52.9 Å². The van der Waals surface area contributed by atoms with Gasteiger partial charge in [-0.3, -0.25) is 0 Å². The van der Waals surface area contributed by atoms with E-state index in [-0.39, 0.29) is 0 Å². The number of hydrogen-bond acceptors (Lipinski definition) is 6. The van der Waals surface area contributed by atoms with Crippen molar-refractivity contribution in [1.29, 1.82) is 0 Å². The smallest absolute Gasteiger partial charge is 0.161 e. The Kier molecular flexibility index (Phi) is 9.49. The number of fused-ring (bicyclic) bond motifs is 1. The van der Waals surface area contributed by atoms with Crippen molar-refractivity contribution in [2.75, 3.05) is 66.1 Å². The third kappa shape index (κ3) is 8.18. The van der Waals surface area contributed by atoms with Crippen molar-refractivity contribution in [3.05, 3.63) is 24.3 Å². The van der Waals surface area contributed by atoms with Crippen molar-refractivity contribution in [3.63, 3.8) is 0 Å². The molecule has 0 spiro atoms. The molecule has 1 aliphatic rings. The normalized spacial score (nSPS) is 20.0. The van der Waals surface area contributed by atoms with Gasteiger partial charge in [-0.05, 0) is 12.1 Å². The Labute approximate surface area is 137 Å². The molecule has 0 radical (unpaired) electrons. The van der Waals surface area contributed by atoms with Crippen LogP contribution in [-0.4, -0.2) is 66.1 Å². The number of benzene rings is 1. The third-order valence-electron chi connectivity index (χ3n) is 3.14. The van der Waals surface area contributed by atoms with E-state index in [1.54, 1.807) is 0 Å². The largest absolute Gasteiger partial charge is 0.490 e. The molecule has 23 heavy (non-hydrogen) atoms. The predicted octanol–water partition coefficient (Wildman–Crippen LogP) is 1.91. The average molecular weight is 326 g/mol. The summed E-state index contributed by atoms with van der Waals surface area (Å²) in [5.74, 6) is 1.48. The maximum absolute atomic E-state index is 5.76. The van der Waals surface area contributed by atoms with Crippen LogP contribution in [0.1, 0.15) is 6.42 Å². The van der Waals surface area contributed by atoms with E-state index in [9.17, 15) is 0 Å². The fourth-order valence-corrected chi connectivity index (χ4v) is 2.00. The van der Waals surface area contributed by atoms with Gasteiger partial charge in [-0.15, -0.1) is 0 Å². The van der Waals surface area contributed by atoms with Crippen molar-refractivity contribution in [3.8, 4) is 11.5 Å². The van der Waals surface area contributed by atoms with E-state index < -0.39 is 0 Å². The van der Waals surface area contributed by atoms with Crippen LogP contribution in [-0.2, 0) is 18.9 Å². The van der Waals surface area contributed by atoms with Gasteiger partial charge in [0.2, 0.25) is 0 Å². The third-order valence-corrected chi connectivity index (χ3v) is 3.14. The highest BCUT2D eigenvalue weighted by molar-refractivity contribution is 5.39. The molecule has 0 saturated carbocycles. The Morgan fingerprint density at radius 1 is 0.478 bits per heavy atom. The van der Waals surface area contributed by atoms with E-state index in [2.05, 4.69) is 0 Å². The number of rotatable bonds is 0. The summed E-state index contributed by atoms with van der Waals surface area (Å²) < 4.78 is 33.2. The molecule has 6 nitrogen and oxygen atoms in total. The van der Waals surface area contributed by atoms with E-state index >= 15 is 0 Å². The van der Waals surface area contributed by atoms with Gasteiger partial charge in [0.15, 0.2) is 11.5 Å². The zero-order valence-corrected chi connectivity index (χ0v) is 13.5. The van der Waals surface area contributed by atoms with Gasteiger partial charge < -0.3 is 28.4 Å². The summed E-state index contributed by atoms with van der Waals surface area (Å²) in [7, 11) is 0. The summed E-state index contributed by atoms with van der Waals surface area (Å²) in [5, 5.41) is 0. The topological polar surface area (TPSA) is 55.4 Å². The lowest BCUT2D eigenvalue weighted by atomic mass is 10.3. The molecule has 0 amide bonds. The first-order chi connectivity index (χ1) is 11.5. The zero-order chi connectivity index (χ0) is 16.0. The van der Waals surface area contributed by atoms with Crippen molar-refractivity contribution >= 4 is 0 Å². The Balaban J connectivity index is 1.77. The van der Waals surface area contributed by atoms with Crippen molar-refractivity contribution in [2.24, 2.45) is 0 Å². The molecular weight excluding hydrogens is 300 g/mol. The van der Waals surface area contributed by atoms with Gasteiger partial charge in [0.25, 0.3) is 0 Å². The molecular formula is C17H26O6. The van der Waals surface area contributed by atoms with Crippen LogP contribution in [0.5, 0.6) is 11.5 Å². The van der Waals surface area contributed by atoms with Crippen LogP contribution >= 0.6 is 0 Å². The molecule has 0 bridgehead atoms. The standard InChI is InChI=1S/C17H26O6/c1-2-5-17-16(4-1)22-7-3-6-18-8-9-19-10-11-20-12-13-21-14-15-23-17/h1-2,4-5H,3,6-15H2.